The van der Waals surface area contributed by atoms with Crippen molar-refractivity contribution in [2.45, 2.75) is 76.9 Å². The first-order valence-corrected chi connectivity index (χ1v) is 14.8. The minimum absolute atomic E-state index is 0.0577. The van der Waals surface area contributed by atoms with Gasteiger partial charge in [0, 0.05) is 6.54 Å². The number of ether oxygens (including phenoxy) is 1. The molecule has 0 radical (unpaired) electrons. The van der Waals surface area contributed by atoms with E-state index in [0.717, 1.165) is 16.4 Å². The van der Waals surface area contributed by atoms with E-state index in [0.29, 0.717) is 11.8 Å². The van der Waals surface area contributed by atoms with Crippen molar-refractivity contribution in [3.8, 4) is 5.75 Å². The maximum absolute atomic E-state index is 13.9. The average Bonchev–Trinajstić information content (AvgIpc) is 2.73. The number of carbonyl (C=O) groups is 1. The summed E-state index contributed by atoms with van der Waals surface area (Å²) in [6.45, 7) is 12.4. The molecule has 0 N–H and O–H groups in total. The fourth-order valence-corrected chi connectivity index (χ4v) is 5.81. The van der Waals surface area contributed by atoms with Crippen LogP contribution in [0.15, 0.2) is 41.3 Å². The quantitative estimate of drug-likeness (QED) is 0.208. The topological polar surface area (TPSA) is 107 Å². The van der Waals surface area contributed by atoms with Crippen LogP contribution in [0.25, 0.3) is 10.8 Å². The van der Waals surface area contributed by atoms with Crippen molar-refractivity contribution in [3.63, 3.8) is 0 Å². The second-order valence-corrected chi connectivity index (χ2v) is 14.1. The highest BCUT2D eigenvalue weighted by Gasteiger charge is 2.48. The number of fused-ring (bicyclic) bond motifs is 1. The molecule has 214 valence electrons. The van der Waals surface area contributed by atoms with Crippen LogP contribution in [0.1, 0.15) is 54.9 Å². The molecule has 8 nitrogen and oxygen atoms in total. The Hall–Kier alpha value is -2.38. The van der Waals surface area contributed by atoms with Gasteiger partial charge in [0.05, 0.1) is 4.90 Å². The van der Waals surface area contributed by atoms with Gasteiger partial charge in [-0.05, 0) is 74.1 Å². The van der Waals surface area contributed by atoms with Crippen molar-refractivity contribution in [3.05, 3.63) is 36.4 Å². The molecule has 0 saturated carbocycles. The normalized spacial score (nSPS) is 14.3. The summed E-state index contributed by atoms with van der Waals surface area (Å²) in [7, 11) is -10.1. The van der Waals surface area contributed by atoms with Gasteiger partial charge < -0.3 is 8.92 Å². The number of nitrogens with zero attached hydrogens (tertiary/aromatic N) is 1. The zero-order chi connectivity index (χ0) is 29.3. The van der Waals surface area contributed by atoms with Crippen molar-refractivity contribution in [1.29, 1.82) is 0 Å². The molecular formula is C25H34F3NO7S2. The zero-order valence-corrected chi connectivity index (χ0v) is 24.0. The molecule has 0 spiro atoms. The molecule has 0 heterocycles. The highest BCUT2D eigenvalue weighted by Crippen LogP contribution is 2.31. The number of carbonyl (C=O) groups excluding carboxylic acids is 1. The lowest BCUT2D eigenvalue weighted by molar-refractivity contribution is -0.161. The maximum Gasteiger partial charge on any atom is 0.534 e. The van der Waals surface area contributed by atoms with Crippen molar-refractivity contribution in [2.75, 3.05) is 6.54 Å². The Bertz CT molecular complexity index is 1360. The van der Waals surface area contributed by atoms with Crippen molar-refractivity contribution in [2.24, 2.45) is 11.8 Å². The number of sulfonamides is 1. The Balaban J connectivity index is 2.54. The third-order valence-electron chi connectivity index (χ3n) is 5.40. The monoisotopic (exact) mass is 581 g/mol. The molecular weight excluding hydrogens is 547 g/mol. The van der Waals surface area contributed by atoms with Crippen LogP contribution < -0.4 is 4.18 Å². The van der Waals surface area contributed by atoms with Gasteiger partial charge in [-0.2, -0.15) is 25.9 Å². The predicted octanol–water partition coefficient (Wildman–Crippen LogP) is 5.47. The molecule has 0 aromatic heterocycles. The highest BCUT2D eigenvalue weighted by atomic mass is 32.2. The van der Waals surface area contributed by atoms with E-state index in [1.165, 1.54) is 24.3 Å². The number of benzene rings is 2. The molecule has 0 aliphatic carbocycles. The van der Waals surface area contributed by atoms with Gasteiger partial charge in [0.2, 0.25) is 10.0 Å². The lowest BCUT2D eigenvalue weighted by Crippen LogP contribution is -2.50. The lowest BCUT2D eigenvalue weighted by Gasteiger charge is -2.34. The number of alkyl halides is 3. The molecule has 0 amide bonds. The number of rotatable bonds is 10. The Morgan fingerprint density at radius 3 is 1.97 bits per heavy atom. The van der Waals surface area contributed by atoms with Gasteiger partial charge in [0.1, 0.15) is 17.4 Å². The molecule has 0 bridgehead atoms. The van der Waals surface area contributed by atoms with Crippen LogP contribution >= 0.6 is 0 Å². The van der Waals surface area contributed by atoms with Gasteiger partial charge in [0.25, 0.3) is 0 Å². The summed E-state index contributed by atoms with van der Waals surface area (Å²) < 4.78 is 99.2. The maximum atomic E-state index is 13.9. The van der Waals surface area contributed by atoms with Gasteiger partial charge in [-0.15, -0.1) is 0 Å². The zero-order valence-electron chi connectivity index (χ0n) is 22.4. The summed E-state index contributed by atoms with van der Waals surface area (Å²) >= 11 is 0. The van der Waals surface area contributed by atoms with Crippen LogP contribution in [-0.4, -0.2) is 50.8 Å². The Morgan fingerprint density at radius 2 is 1.47 bits per heavy atom. The molecule has 1 atom stereocenters. The van der Waals surface area contributed by atoms with Crippen LogP contribution in [-0.2, 0) is 29.7 Å². The van der Waals surface area contributed by atoms with Gasteiger partial charge in [0.15, 0.2) is 0 Å². The van der Waals surface area contributed by atoms with Crippen LogP contribution in [0.2, 0.25) is 0 Å². The van der Waals surface area contributed by atoms with Crippen molar-refractivity contribution < 1.29 is 43.7 Å². The van der Waals surface area contributed by atoms with E-state index in [2.05, 4.69) is 4.18 Å². The number of esters is 1. The second kappa shape index (κ2) is 11.4. The van der Waals surface area contributed by atoms with E-state index in [9.17, 15) is 34.8 Å². The van der Waals surface area contributed by atoms with Gasteiger partial charge in [-0.25, -0.2) is 8.42 Å². The first-order chi connectivity index (χ1) is 17.2. The van der Waals surface area contributed by atoms with Crippen LogP contribution in [0, 0.1) is 11.8 Å². The Kier molecular flexibility index (Phi) is 9.54. The molecule has 13 heteroatoms. The molecule has 2 rings (SSSR count). The average molecular weight is 582 g/mol. The second-order valence-electron chi connectivity index (χ2n) is 10.7. The fraction of sp³-hybridized carbons (Fsp3) is 0.560. The third kappa shape index (κ3) is 7.82. The van der Waals surface area contributed by atoms with E-state index in [1.54, 1.807) is 34.6 Å². The van der Waals surface area contributed by atoms with Crippen LogP contribution in [0.5, 0.6) is 5.75 Å². The fourth-order valence-electron chi connectivity index (χ4n) is 3.60. The van der Waals surface area contributed by atoms with E-state index in [1.807, 2.05) is 13.8 Å². The SMILES string of the molecule is CC(C)CCN([C@H](C(=O)OC(C)(C)C)C(C)C)S(=O)(=O)c1ccc2cc(OS(=O)(=O)C(F)(F)F)ccc2c1. The van der Waals surface area contributed by atoms with E-state index in [-0.39, 0.29) is 22.7 Å². The molecule has 0 aliphatic heterocycles. The number of halogens is 3. The van der Waals surface area contributed by atoms with E-state index >= 15 is 0 Å². The summed E-state index contributed by atoms with van der Waals surface area (Å²) in [5.74, 6) is -1.52. The molecule has 2 aromatic rings. The summed E-state index contributed by atoms with van der Waals surface area (Å²) in [4.78, 5) is 13.0. The van der Waals surface area contributed by atoms with Crippen molar-refractivity contribution >= 4 is 36.9 Å². The summed E-state index contributed by atoms with van der Waals surface area (Å²) in [5, 5.41) is 0.560. The van der Waals surface area contributed by atoms with Crippen LogP contribution in [0.3, 0.4) is 0 Å². The van der Waals surface area contributed by atoms with Gasteiger partial charge >= 0.3 is 21.6 Å². The minimum atomic E-state index is -5.86. The standard InChI is InChI=1S/C25H34F3NO7S2/c1-16(2)12-13-29(22(17(3)4)23(30)35-24(5,6)7)37(31,32)21-11-9-18-14-20(10-8-19(18)15-21)36-38(33,34)25(26,27)28/h8-11,14-17,22H,12-13H2,1-7H3/t22-/m0/s1. The van der Waals surface area contributed by atoms with Gasteiger partial charge in [-0.1, -0.05) is 39.8 Å². The van der Waals surface area contributed by atoms with E-state index < -0.39 is 54.9 Å². The lowest BCUT2D eigenvalue weighted by atomic mass is 10.0. The minimum Gasteiger partial charge on any atom is -0.459 e. The Labute approximate surface area is 222 Å². The Morgan fingerprint density at radius 1 is 0.921 bits per heavy atom. The highest BCUT2D eigenvalue weighted by molar-refractivity contribution is 7.89. The molecule has 0 unspecified atom stereocenters. The van der Waals surface area contributed by atoms with E-state index in [4.69, 9.17) is 4.74 Å². The largest absolute Gasteiger partial charge is 0.534 e. The smallest absolute Gasteiger partial charge is 0.459 e. The molecule has 38 heavy (non-hydrogen) atoms. The third-order valence-corrected chi connectivity index (χ3v) is 8.25. The first kappa shape index (κ1) is 31.8. The number of hydrogen-bond donors (Lipinski definition) is 0. The first-order valence-electron chi connectivity index (χ1n) is 11.9. The molecule has 0 saturated heterocycles. The summed E-state index contributed by atoms with van der Waals surface area (Å²) in [6, 6.07) is 6.09. The summed E-state index contributed by atoms with van der Waals surface area (Å²) in [6.07, 6.45) is 0.479. The van der Waals surface area contributed by atoms with Gasteiger partial charge in [-0.3, -0.25) is 4.79 Å². The summed E-state index contributed by atoms with van der Waals surface area (Å²) in [5.41, 5.74) is -6.43. The van der Waals surface area contributed by atoms with Crippen LogP contribution in [0.4, 0.5) is 13.2 Å². The molecule has 0 fully saturated rings. The predicted molar refractivity (Wildman–Crippen MR) is 137 cm³/mol. The van der Waals surface area contributed by atoms with Crippen molar-refractivity contribution in [1.82, 2.24) is 4.31 Å². The number of hydrogen-bond acceptors (Lipinski definition) is 7. The molecule has 2 aromatic carbocycles. The molecule has 0 aliphatic rings.